The van der Waals surface area contributed by atoms with E-state index in [1.807, 2.05) is 13.8 Å². The van der Waals surface area contributed by atoms with Gasteiger partial charge in [0.25, 0.3) is 0 Å². The number of nitrogens with one attached hydrogen (secondary N) is 1. The number of hydrogen-bond acceptors (Lipinski definition) is 7. The minimum atomic E-state index is -1.14. The molecule has 0 aliphatic heterocycles. The quantitative estimate of drug-likeness (QED) is 0.393. The summed E-state index contributed by atoms with van der Waals surface area (Å²) in [6, 6.07) is 4.61. The van der Waals surface area contributed by atoms with E-state index in [1.54, 1.807) is 6.07 Å². The molecule has 0 atom stereocenters. The number of phenols is 1. The second-order valence-electron chi connectivity index (χ2n) is 6.13. The predicted octanol–water partition coefficient (Wildman–Crippen LogP) is 4.68. The molecular formula is C18H18Cl2N2O6S. The van der Waals surface area contributed by atoms with Gasteiger partial charge in [-0.05, 0) is 24.1 Å². The number of benzene rings is 1. The number of carboxylic acids is 2. The Hall–Kier alpha value is -2.36. The van der Waals surface area contributed by atoms with Gasteiger partial charge in [0.15, 0.2) is 11.6 Å². The maximum Gasteiger partial charge on any atom is 0.322 e. The van der Waals surface area contributed by atoms with Crippen LogP contribution in [-0.2, 0) is 9.59 Å². The monoisotopic (exact) mass is 460 g/mol. The van der Waals surface area contributed by atoms with E-state index in [-0.39, 0.29) is 44.1 Å². The van der Waals surface area contributed by atoms with Gasteiger partial charge in [-0.15, -0.1) is 0 Å². The number of ether oxygens (including phenoxy) is 1. The van der Waals surface area contributed by atoms with Gasteiger partial charge in [0.2, 0.25) is 0 Å². The Morgan fingerprint density at radius 1 is 1.21 bits per heavy atom. The molecule has 156 valence electrons. The minimum Gasteiger partial charge on any atom is -0.508 e. The highest BCUT2D eigenvalue weighted by Gasteiger charge is 2.21. The molecule has 1 aromatic heterocycles. The van der Waals surface area contributed by atoms with E-state index in [4.69, 9.17) is 38.2 Å². The Morgan fingerprint density at radius 2 is 1.90 bits per heavy atom. The first-order valence-electron chi connectivity index (χ1n) is 8.30. The fraction of sp³-hybridized carbons (Fsp3) is 0.278. The van der Waals surface area contributed by atoms with Gasteiger partial charge in [0, 0.05) is 5.56 Å². The highest BCUT2D eigenvalue weighted by molar-refractivity contribution is 8.00. The molecule has 0 radical (unpaired) electrons. The van der Waals surface area contributed by atoms with Crippen LogP contribution in [-0.4, -0.2) is 44.5 Å². The van der Waals surface area contributed by atoms with E-state index in [2.05, 4.69) is 10.3 Å². The molecule has 2 rings (SSSR count). The summed E-state index contributed by atoms with van der Waals surface area (Å²) in [5, 5.41) is 30.4. The Labute approximate surface area is 180 Å². The molecule has 2 aromatic rings. The van der Waals surface area contributed by atoms with Gasteiger partial charge >= 0.3 is 11.9 Å². The van der Waals surface area contributed by atoms with Crippen LogP contribution in [0.3, 0.4) is 0 Å². The van der Waals surface area contributed by atoms with Crippen molar-refractivity contribution in [2.75, 3.05) is 17.6 Å². The molecule has 8 nitrogen and oxygen atoms in total. The maximum atomic E-state index is 10.9. The molecule has 0 spiro atoms. The van der Waals surface area contributed by atoms with E-state index >= 15 is 0 Å². The molecule has 0 amide bonds. The van der Waals surface area contributed by atoms with Crippen molar-refractivity contribution >= 4 is 52.7 Å². The predicted molar refractivity (Wildman–Crippen MR) is 111 cm³/mol. The van der Waals surface area contributed by atoms with Crippen molar-refractivity contribution in [3.63, 3.8) is 0 Å². The molecule has 0 unspecified atom stereocenters. The van der Waals surface area contributed by atoms with Crippen molar-refractivity contribution in [2.24, 2.45) is 0 Å². The third-order valence-electron chi connectivity index (χ3n) is 3.59. The number of thioether (sulfide) groups is 1. The van der Waals surface area contributed by atoms with Crippen LogP contribution in [0.1, 0.15) is 25.3 Å². The van der Waals surface area contributed by atoms with Crippen LogP contribution in [0.5, 0.6) is 17.2 Å². The van der Waals surface area contributed by atoms with Crippen LogP contribution >= 0.6 is 35.0 Å². The third kappa shape index (κ3) is 6.06. The molecule has 4 N–H and O–H groups in total. The molecule has 0 aliphatic rings. The molecule has 0 saturated carbocycles. The average molecular weight is 461 g/mol. The van der Waals surface area contributed by atoms with E-state index in [9.17, 15) is 14.7 Å². The molecule has 0 fully saturated rings. The summed E-state index contributed by atoms with van der Waals surface area (Å²) >= 11 is 13.5. The molecule has 0 bridgehead atoms. The van der Waals surface area contributed by atoms with E-state index < -0.39 is 18.5 Å². The third-order valence-corrected chi connectivity index (χ3v) is 5.36. The first-order valence-corrected chi connectivity index (χ1v) is 10.0. The Kier molecular flexibility index (Phi) is 7.83. The zero-order valence-electron chi connectivity index (χ0n) is 15.4. The number of anilines is 1. The second-order valence-corrected chi connectivity index (χ2v) is 7.85. The number of halogens is 2. The lowest BCUT2D eigenvalue weighted by Crippen LogP contribution is -2.14. The van der Waals surface area contributed by atoms with Gasteiger partial charge in [0.1, 0.15) is 33.1 Å². The largest absolute Gasteiger partial charge is 0.508 e. The van der Waals surface area contributed by atoms with Crippen LogP contribution in [0.15, 0.2) is 23.2 Å². The number of aliphatic carboxylic acids is 2. The summed E-state index contributed by atoms with van der Waals surface area (Å²) in [7, 11) is 0. The molecule has 0 saturated heterocycles. The van der Waals surface area contributed by atoms with Crippen LogP contribution in [0.25, 0.3) is 0 Å². The highest BCUT2D eigenvalue weighted by atomic mass is 35.5. The summed E-state index contributed by atoms with van der Waals surface area (Å²) in [6.07, 6.45) is 0. The van der Waals surface area contributed by atoms with Gasteiger partial charge in [-0.2, -0.15) is 0 Å². The van der Waals surface area contributed by atoms with E-state index in [0.717, 1.165) is 11.8 Å². The van der Waals surface area contributed by atoms with Gasteiger partial charge in [-0.3, -0.25) is 9.59 Å². The first-order chi connectivity index (χ1) is 13.6. The summed E-state index contributed by atoms with van der Waals surface area (Å²) in [5.74, 6) is -2.08. The van der Waals surface area contributed by atoms with Crippen LogP contribution in [0, 0.1) is 0 Å². The van der Waals surface area contributed by atoms with Crippen LogP contribution in [0.4, 0.5) is 5.82 Å². The van der Waals surface area contributed by atoms with Crippen molar-refractivity contribution in [2.45, 2.75) is 24.8 Å². The van der Waals surface area contributed by atoms with Gasteiger partial charge in [0.05, 0.1) is 5.75 Å². The number of nitrogens with zero attached hydrogens (tertiary/aromatic N) is 1. The van der Waals surface area contributed by atoms with Crippen LogP contribution in [0.2, 0.25) is 10.0 Å². The zero-order valence-corrected chi connectivity index (χ0v) is 17.7. The Morgan fingerprint density at radius 3 is 2.48 bits per heavy atom. The number of carboxylic acid groups (broad SMARTS) is 2. The molecule has 0 aliphatic carbocycles. The van der Waals surface area contributed by atoms with Gasteiger partial charge in [-0.1, -0.05) is 48.8 Å². The summed E-state index contributed by atoms with van der Waals surface area (Å²) in [5.41, 5.74) is 0.647. The lowest BCUT2D eigenvalue weighted by molar-refractivity contribution is -0.135. The Bertz CT molecular complexity index is 897. The van der Waals surface area contributed by atoms with Crippen molar-refractivity contribution in [3.8, 4) is 17.2 Å². The van der Waals surface area contributed by atoms with Crippen molar-refractivity contribution in [1.82, 2.24) is 4.98 Å². The number of carbonyl (C=O) groups is 2. The van der Waals surface area contributed by atoms with E-state index in [1.165, 1.54) is 12.1 Å². The number of hydrogen-bond donors (Lipinski definition) is 4. The standard InChI is InChI=1S/C18H18Cl2N2O6S/c1-8(2)10-5-9(3-4-11(10)23)28-16-14(19)17(21-6-12(24)25)22-18(15(16)20)29-7-13(26)27/h3-5,8,23H,6-7H2,1-2H3,(H,21,22)(H,24,25)(H,26,27). The molecule has 1 aromatic carbocycles. The smallest absolute Gasteiger partial charge is 0.322 e. The van der Waals surface area contributed by atoms with Crippen molar-refractivity contribution < 1.29 is 29.6 Å². The normalized spacial score (nSPS) is 10.8. The van der Waals surface area contributed by atoms with Crippen molar-refractivity contribution in [1.29, 1.82) is 0 Å². The maximum absolute atomic E-state index is 10.9. The first kappa shape index (κ1) is 22.9. The summed E-state index contributed by atoms with van der Waals surface area (Å²) < 4.78 is 5.82. The summed E-state index contributed by atoms with van der Waals surface area (Å²) in [6.45, 7) is 3.34. The zero-order chi connectivity index (χ0) is 21.7. The molecule has 29 heavy (non-hydrogen) atoms. The number of rotatable bonds is 9. The molecule has 11 heteroatoms. The fourth-order valence-electron chi connectivity index (χ4n) is 2.27. The average Bonchev–Trinajstić information content (AvgIpc) is 2.64. The topological polar surface area (TPSA) is 129 Å². The highest BCUT2D eigenvalue weighted by Crippen LogP contribution is 2.45. The second kappa shape index (κ2) is 9.91. The fourth-order valence-corrected chi connectivity index (χ4v) is 3.53. The number of aromatic hydroxyl groups is 1. The lowest BCUT2D eigenvalue weighted by Gasteiger charge is -2.17. The lowest BCUT2D eigenvalue weighted by atomic mass is 10.0. The van der Waals surface area contributed by atoms with E-state index in [0.29, 0.717) is 11.3 Å². The minimum absolute atomic E-state index is 0.00972. The number of aromatic nitrogens is 1. The van der Waals surface area contributed by atoms with Gasteiger partial charge < -0.3 is 25.4 Å². The SMILES string of the molecule is CC(C)c1cc(Oc2c(Cl)c(NCC(=O)O)nc(SCC(=O)O)c2Cl)ccc1O. The number of phenolic OH excluding ortho intramolecular Hbond substituents is 1. The van der Waals surface area contributed by atoms with Gasteiger partial charge in [-0.25, -0.2) is 4.98 Å². The molecule has 1 heterocycles. The summed E-state index contributed by atoms with van der Waals surface area (Å²) in [4.78, 5) is 25.9. The Balaban J connectivity index is 2.49. The molecular weight excluding hydrogens is 443 g/mol. The van der Waals surface area contributed by atoms with Crippen molar-refractivity contribution in [3.05, 3.63) is 33.8 Å². The van der Waals surface area contributed by atoms with Crippen LogP contribution < -0.4 is 10.1 Å². The number of pyridine rings is 1.